The van der Waals surface area contributed by atoms with Crippen LogP contribution in [-0.2, 0) is 20.1 Å². The van der Waals surface area contributed by atoms with Gasteiger partial charge < -0.3 is 9.32 Å². The van der Waals surface area contributed by atoms with E-state index in [2.05, 4.69) is 4.98 Å². The number of nitrogens with zero attached hydrogens (tertiary/aromatic N) is 3. The Labute approximate surface area is 144 Å². The van der Waals surface area contributed by atoms with Crippen molar-refractivity contribution in [3.63, 3.8) is 0 Å². The van der Waals surface area contributed by atoms with Gasteiger partial charge in [-0.3, -0.25) is 14.2 Å². The largest absolute Gasteiger partial charge is 0.451 e. The smallest absolute Gasteiger partial charge is 0.290 e. The lowest BCUT2D eigenvalue weighted by Crippen LogP contribution is -2.27. The number of hydrogen-bond acceptors (Lipinski definition) is 4. The lowest BCUT2D eigenvalue weighted by molar-refractivity contribution is 0.0719. The van der Waals surface area contributed by atoms with Gasteiger partial charge in [-0.25, -0.2) is 4.98 Å². The SMILES string of the molecule is Cc1ccc2c(C)c(C(=O)N3Cc4nc(C)n(C)c(=O)c4C3)oc2c1. The third-order valence-electron chi connectivity index (χ3n) is 4.96. The van der Waals surface area contributed by atoms with Crippen LogP contribution in [0.15, 0.2) is 27.4 Å². The Morgan fingerprint density at radius 1 is 1.20 bits per heavy atom. The fourth-order valence-electron chi connectivity index (χ4n) is 3.35. The molecule has 0 fully saturated rings. The molecule has 2 aromatic heterocycles. The molecule has 6 heteroatoms. The molecule has 0 saturated carbocycles. The summed E-state index contributed by atoms with van der Waals surface area (Å²) in [5, 5.41) is 0.940. The zero-order valence-electron chi connectivity index (χ0n) is 14.7. The maximum Gasteiger partial charge on any atom is 0.290 e. The number of furan rings is 1. The number of benzene rings is 1. The van der Waals surface area contributed by atoms with E-state index >= 15 is 0 Å². The number of carbonyl (C=O) groups is 1. The Morgan fingerprint density at radius 2 is 1.96 bits per heavy atom. The monoisotopic (exact) mass is 337 g/mol. The van der Waals surface area contributed by atoms with Gasteiger partial charge in [-0.2, -0.15) is 0 Å². The molecular formula is C19H19N3O3. The number of aromatic nitrogens is 2. The zero-order valence-corrected chi connectivity index (χ0v) is 14.7. The number of fused-ring (bicyclic) bond motifs is 2. The van der Waals surface area contributed by atoms with Crippen molar-refractivity contribution in [2.45, 2.75) is 33.9 Å². The highest BCUT2D eigenvalue weighted by Gasteiger charge is 2.31. The molecular weight excluding hydrogens is 318 g/mol. The van der Waals surface area contributed by atoms with Crippen molar-refractivity contribution in [2.24, 2.45) is 7.05 Å². The van der Waals surface area contributed by atoms with Crippen molar-refractivity contribution in [3.8, 4) is 0 Å². The van der Waals surface area contributed by atoms with Gasteiger partial charge in [-0.1, -0.05) is 12.1 Å². The van der Waals surface area contributed by atoms with Crippen LogP contribution in [0.5, 0.6) is 0 Å². The molecule has 3 heterocycles. The average Bonchev–Trinajstić information content (AvgIpc) is 3.14. The van der Waals surface area contributed by atoms with Crippen LogP contribution in [0.1, 0.15) is 38.8 Å². The van der Waals surface area contributed by atoms with Gasteiger partial charge in [0.25, 0.3) is 11.5 Å². The molecule has 0 radical (unpaired) electrons. The van der Waals surface area contributed by atoms with Crippen molar-refractivity contribution in [1.29, 1.82) is 0 Å². The molecule has 1 aliphatic heterocycles. The molecule has 1 aromatic carbocycles. The van der Waals surface area contributed by atoms with E-state index in [9.17, 15) is 9.59 Å². The maximum atomic E-state index is 13.0. The summed E-state index contributed by atoms with van der Waals surface area (Å²) in [7, 11) is 1.70. The highest BCUT2D eigenvalue weighted by Crippen LogP contribution is 2.29. The lowest BCUT2D eigenvalue weighted by Gasteiger charge is -2.13. The standard InChI is InChI=1S/C19H19N3O3/c1-10-5-6-13-11(2)17(25-16(13)7-10)19(24)22-8-14-15(9-22)20-12(3)21(4)18(14)23/h5-7H,8-9H2,1-4H3. The molecule has 6 nitrogen and oxygen atoms in total. The Hall–Kier alpha value is -2.89. The molecule has 0 N–H and O–H groups in total. The van der Waals surface area contributed by atoms with Crippen LogP contribution in [0.4, 0.5) is 0 Å². The van der Waals surface area contributed by atoms with Gasteiger partial charge in [0.1, 0.15) is 11.4 Å². The minimum Gasteiger partial charge on any atom is -0.451 e. The summed E-state index contributed by atoms with van der Waals surface area (Å²) in [4.78, 5) is 31.4. The quantitative estimate of drug-likeness (QED) is 0.684. The van der Waals surface area contributed by atoms with Crippen LogP contribution in [0, 0.1) is 20.8 Å². The highest BCUT2D eigenvalue weighted by molar-refractivity contribution is 5.99. The van der Waals surface area contributed by atoms with Crippen molar-refractivity contribution in [1.82, 2.24) is 14.5 Å². The molecule has 128 valence electrons. The predicted octanol–water partition coefficient (Wildman–Crippen LogP) is 2.61. The predicted molar refractivity (Wildman–Crippen MR) is 93.5 cm³/mol. The van der Waals surface area contributed by atoms with Gasteiger partial charge in [0.15, 0.2) is 5.76 Å². The average molecular weight is 337 g/mol. The molecule has 0 spiro atoms. The van der Waals surface area contributed by atoms with E-state index in [1.807, 2.05) is 32.0 Å². The van der Waals surface area contributed by atoms with Gasteiger partial charge in [-0.15, -0.1) is 0 Å². The van der Waals surface area contributed by atoms with Crippen LogP contribution >= 0.6 is 0 Å². The second kappa shape index (κ2) is 5.31. The van der Waals surface area contributed by atoms with E-state index in [1.54, 1.807) is 18.9 Å². The van der Waals surface area contributed by atoms with Crippen LogP contribution < -0.4 is 5.56 Å². The molecule has 25 heavy (non-hydrogen) atoms. The van der Waals surface area contributed by atoms with Crippen molar-refractivity contribution in [2.75, 3.05) is 0 Å². The number of rotatable bonds is 1. The Morgan fingerprint density at radius 3 is 2.72 bits per heavy atom. The molecule has 0 atom stereocenters. The van der Waals surface area contributed by atoms with Gasteiger partial charge in [-0.05, 0) is 32.4 Å². The van der Waals surface area contributed by atoms with E-state index in [0.717, 1.165) is 16.5 Å². The summed E-state index contributed by atoms with van der Waals surface area (Å²) in [5.41, 5.74) is 3.80. The van der Waals surface area contributed by atoms with E-state index in [1.165, 1.54) is 4.57 Å². The highest BCUT2D eigenvalue weighted by atomic mass is 16.3. The molecule has 4 rings (SSSR count). The summed E-state index contributed by atoms with van der Waals surface area (Å²) in [6.45, 7) is 6.26. The van der Waals surface area contributed by atoms with Crippen molar-refractivity contribution >= 4 is 16.9 Å². The number of carbonyl (C=O) groups excluding carboxylic acids is 1. The van der Waals surface area contributed by atoms with E-state index in [4.69, 9.17) is 4.42 Å². The first-order chi connectivity index (χ1) is 11.9. The fourth-order valence-corrected chi connectivity index (χ4v) is 3.35. The van der Waals surface area contributed by atoms with Gasteiger partial charge in [0.05, 0.1) is 24.3 Å². The first kappa shape index (κ1) is 15.6. The molecule has 1 amide bonds. The Kier molecular flexibility index (Phi) is 3.32. The van der Waals surface area contributed by atoms with Gasteiger partial charge >= 0.3 is 0 Å². The summed E-state index contributed by atoms with van der Waals surface area (Å²) < 4.78 is 7.35. The molecule has 0 bridgehead atoms. The molecule has 0 saturated heterocycles. The van der Waals surface area contributed by atoms with Crippen molar-refractivity contribution < 1.29 is 9.21 Å². The van der Waals surface area contributed by atoms with Crippen LogP contribution in [-0.4, -0.2) is 20.4 Å². The number of hydrogen-bond donors (Lipinski definition) is 0. The van der Waals surface area contributed by atoms with E-state index in [-0.39, 0.29) is 18.0 Å². The maximum absolute atomic E-state index is 13.0. The minimum atomic E-state index is -0.205. The summed E-state index contributed by atoms with van der Waals surface area (Å²) in [6.07, 6.45) is 0. The Balaban J connectivity index is 1.72. The van der Waals surface area contributed by atoms with Crippen molar-refractivity contribution in [3.05, 3.63) is 62.5 Å². The topological polar surface area (TPSA) is 68.3 Å². The second-order valence-electron chi connectivity index (χ2n) is 6.67. The van der Waals surface area contributed by atoms with Gasteiger partial charge in [0, 0.05) is 18.0 Å². The minimum absolute atomic E-state index is 0.0882. The fraction of sp³-hybridized carbons (Fsp3) is 0.316. The summed E-state index contributed by atoms with van der Waals surface area (Å²) in [6, 6.07) is 5.90. The van der Waals surface area contributed by atoms with E-state index < -0.39 is 0 Å². The summed E-state index contributed by atoms with van der Waals surface area (Å²) >= 11 is 0. The number of amides is 1. The first-order valence-corrected chi connectivity index (χ1v) is 8.21. The van der Waals surface area contributed by atoms with Gasteiger partial charge in [0.2, 0.25) is 0 Å². The van der Waals surface area contributed by atoms with Crippen LogP contribution in [0.25, 0.3) is 11.0 Å². The normalized spacial score (nSPS) is 13.5. The van der Waals surface area contributed by atoms with Crippen LogP contribution in [0.3, 0.4) is 0 Å². The lowest BCUT2D eigenvalue weighted by atomic mass is 10.1. The first-order valence-electron chi connectivity index (χ1n) is 8.21. The molecule has 0 aliphatic carbocycles. The summed E-state index contributed by atoms with van der Waals surface area (Å²) in [5.74, 6) is 0.777. The van der Waals surface area contributed by atoms with Crippen LogP contribution in [0.2, 0.25) is 0 Å². The van der Waals surface area contributed by atoms with E-state index in [0.29, 0.717) is 35.0 Å². The third-order valence-corrected chi connectivity index (χ3v) is 4.96. The Bertz CT molecular complexity index is 1090. The molecule has 1 aliphatic rings. The number of aryl methyl sites for hydroxylation is 3. The molecule has 0 unspecified atom stereocenters. The third kappa shape index (κ3) is 2.28. The molecule has 3 aromatic rings. The second-order valence-corrected chi connectivity index (χ2v) is 6.67. The zero-order chi connectivity index (χ0) is 17.9.